The van der Waals surface area contributed by atoms with E-state index < -0.39 is 0 Å². The van der Waals surface area contributed by atoms with Gasteiger partial charge in [-0.2, -0.15) is 9.50 Å². The standard InChI is InChI=1S/C14H15N5O/c1-9-4-3-5-11(8-9)20-10(2)12-6-7-16-14-17-13(15)18-19(12)14/h3-8,10H,1-2H3,(H2,15,18)/t10-/m0/s1. The summed E-state index contributed by atoms with van der Waals surface area (Å²) in [6, 6.07) is 9.76. The number of nitrogens with zero attached hydrogens (tertiary/aromatic N) is 4. The molecule has 0 unspecified atom stereocenters. The van der Waals surface area contributed by atoms with Crippen LogP contribution in [0.1, 0.15) is 24.3 Å². The SMILES string of the molecule is Cc1cccc(O[C@@H](C)c2ccnc3nc(N)nn23)c1. The third-order valence-corrected chi connectivity index (χ3v) is 3.01. The quantitative estimate of drug-likeness (QED) is 0.788. The highest BCUT2D eigenvalue weighted by Gasteiger charge is 2.14. The molecule has 102 valence electrons. The second kappa shape index (κ2) is 4.80. The Morgan fingerprint density at radius 1 is 1.30 bits per heavy atom. The van der Waals surface area contributed by atoms with E-state index in [1.165, 1.54) is 0 Å². The molecule has 6 nitrogen and oxygen atoms in total. The zero-order valence-electron chi connectivity index (χ0n) is 11.3. The van der Waals surface area contributed by atoms with Gasteiger partial charge in [0.05, 0.1) is 5.69 Å². The van der Waals surface area contributed by atoms with Gasteiger partial charge in [0.1, 0.15) is 11.9 Å². The Hall–Kier alpha value is -2.63. The topological polar surface area (TPSA) is 78.3 Å². The average molecular weight is 269 g/mol. The number of fused-ring (bicyclic) bond motifs is 1. The van der Waals surface area contributed by atoms with E-state index in [2.05, 4.69) is 15.1 Å². The van der Waals surface area contributed by atoms with Crippen LogP contribution < -0.4 is 10.5 Å². The molecule has 1 atom stereocenters. The summed E-state index contributed by atoms with van der Waals surface area (Å²) in [7, 11) is 0. The first-order valence-corrected chi connectivity index (χ1v) is 6.34. The summed E-state index contributed by atoms with van der Waals surface area (Å²) in [5.41, 5.74) is 7.61. The van der Waals surface area contributed by atoms with Crippen molar-refractivity contribution in [3.63, 3.8) is 0 Å². The number of nitrogens with two attached hydrogens (primary N) is 1. The van der Waals surface area contributed by atoms with Gasteiger partial charge >= 0.3 is 0 Å². The van der Waals surface area contributed by atoms with Crippen LogP contribution in [0.3, 0.4) is 0 Å². The van der Waals surface area contributed by atoms with Gasteiger partial charge in [-0.05, 0) is 37.6 Å². The van der Waals surface area contributed by atoms with Crippen LogP contribution in [0.2, 0.25) is 0 Å². The van der Waals surface area contributed by atoms with Crippen LogP contribution in [0.5, 0.6) is 5.75 Å². The number of aryl methyl sites for hydroxylation is 1. The maximum absolute atomic E-state index is 5.94. The predicted molar refractivity (Wildman–Crippen MR) is 75.4 cm³/mol. The Labute approximate surface area is 116 Å². The van der Waals surface area contributed by atoms with Gasteiger partial charge < -0.3 is 10.5 Å². The summed E-state index contributed by atoms with van der Waals surface area (Å²) in [4.78, 5) is 8.16. The minimum absolute atomic E-state index is 0.191. The maximum atomic E-state index is 5.94. The maximum Gasteiger partial charge on any atom is 0.254 e. The number of benzene rings is 1. The summed E-state index contributed by atoms with van der Waals surface area (Å²) in [6.07, 6.45) is 1.48. The molecular formula is C14H15N5O. The Morgan fingerprint density at radius 2 is 2.15 bits per heavy atom. The Kier molecular flexibility index (Phi) is 2.98. The second-order valence-electron chi connectivity index (χ2n) is 4.63. The van der Waals surface area contributed by atoms with E-state index in [4.69, 9.17) is 10.5 Å². The van der Waals surface area contributed by atoms with Crippen LogP contribution >= 0.6 is 0 Å². The van der Waals surface area contributed by atoms with E-state index >= 15 is 0 Å². The van der Waals surface area contributed by atoms with E-state index in [1.807, 2.05) is 44.2 Å². The van der Waals surface area contributed by atoms with Gasteiger partial charge in [-0.15, -0.1) is 5.10 Å². The molecule has 0 aliphatic heterocycles. The van der Waals surface area contributed by atoms with Gasteiger partial charge in [-0.1, -0.05) is 12.1 Å². The van der Waals surface area contributed by atoms with Crippen molar-refractivity contribution in [3.05, 3.63) is 47.8 Å². The number of ether oxygens (including phenoxy) is 1. The van der Waals surface area contributed by atoms with Crippen molar-refractivity contribution in [3.8, 4) is 5.75 Å². The molecule has 0 bridgehead atoms. The highest BCUT2D eigenvalue weighted by atomic mass is 16.5. The lowest BCUT2D eigenvalue weighted by Gasteiger charge is -2.15. The van der Waals surface area contributed by atoms with Crippen LogP contribution in [0, 0.1) is 6.92 Å². The molecule has 2 aromatic heterocycles. The molecule has 2 N–H and O–H groups in total. The van der Waals surface area contributed by atoms with Crippen LogP contribution in [0.25, 0.3) is 5.78 Å². The summed E-state index contributed by atoms with van der Waals surface area (Å²) in [6.45, 7) is 3.98. The van der Waals surface area contributed by atoms with Crippen LogP contribution in [0.15, 0.2) is 36.5 Å². The summed E-state index contributed by atoms with van der Waals surface area (Å²) in [5, 5.41) is 4.13. The molecule has 20 heavy (non-hydrogen) atoms. The fourth-order valence-corrected chi connectivity index (χ4v) is 2.09. The van der Waals surface area contributed by atoms with Crippen molar-refractivity contribution >= 4 is 11.7 Å². The van der Waals surface area contributed by atoms with E-state index in [1.54, 1.807) is 10.7 Å². The average Bonchev–Trinajstić information content (AvgIpc) is 2.78. The molecule has 3 rings (SSSR count). The van der Waals surface area contributed by atoms with Crippen molar-refractivity contribution in [1.82, 2.24) is 19.6 Å². The summed E-state index contributed by atoms with van der Waals surface area (Å²) in [5.74, 6) is 1.49. The van der Waals surface area contributed by atoms with E-state index in [0.29, 0.717) is 5.78 Å². The summed E-state index contributed by atoms with van der Waals surface area (Å²) < 4.78 is 7.55. The van der Waals surface area contributed by atoms with Crippen LogP contribution in [-0.4, -0.2) is 19.6 Å². The van der Waals surface area contributed by atoms with Crippen molar-refractivity contribution < 1.29 is 4.74 Å². The molecule has 0 saturated carbocycles. The Balaban J connectivity index is 1.94. The number of hydrogen-bond donors (Lipinski definition) is 1. The van der Waals surface area contributed by atoms with Gasteiger partial charge in [-0.3, -0.25) is 0 Å². The first-order valence-electron chi connectivity index (χ1n) is 6.34. The predicted octanol–water partition coefficient (Wildman–Crippen LogP) is 2.15. The number of rotatable bonds is 3. The molecule has 0 amide bonds. The molecule has 0 aliphatic carbocycles. The van der Waals surface area contributed by atoms with Gasteiger partial charge in [-0.25, -0.2) is 4.98 Å². The van der Waals surface area contributed by atoms with Crippen molar-refractivity contribution in [2.24, 2.45) is 0 Å². The van der Waals surface area contributed by atoms with Gasteiger partial charge in [0, 0.05) is 6.20 Å². The van der Waals surface area contributed by atoms with Crippen molar-refractivity contribution in [2.75, 3.05) is 5.73 Å². The summed E-state index contributed by atoms with van der Waals surface area (Å²) >= 11 is 0. The zero-order valence-corrected chi connectivity index (χ0v) is 11.3. The fourth-order valence-electron chi connectivity index (χ4n) is 2.09. The number of hydrogen-bond acceptors (Lipinski definition) is 5. The minimum Gasteiger partial charge on any atom is -0.484 e. The van der Waals surface area contributed by atoms with E-state index in [-0.39, 0.29) is 12.1 Å². The molecule has 3 aromatic rings. The van der Waals surface area contributed by atoms with Gasteiger partial charge in [0.15, 0.2) is 0 Å². The lowest BCUT2D eigenvalue weighted by atomic mass is 10.2. The largest absolute Gasteiger partial charge is 0.484 e. The lowest BCUT2D eigenvalue weighted by Crippen LogP contribution is -2.10. The molecule has 0 radical (unpaired) electrons. The molecule has 6 heteroatoms. The van der Waals surface area contributed by atoms with Crippen LogP contribution in [0.4, 0.5) is 5.95 Å². The number of nitrogen functional groups attached to an aromatic ring is 1. The fraction of sp³-hybridized carbons (Fsp3) is 0.214. The van der Waals surface area contributed by atoms with Gasteiger partial charge in [0.2, 0.25) is 5.95 Å². The molecule has 0 fully saturated rings. The molecule has 1 aromatic carbocycles. The first kappa shape index (κ1) is 12.4. The highest BCUT2D eigenvalue weighted by molar-refractivity contribution is 5.35. The molecule has 0 spiro atoms. The van der Waals surface area contributed by atoms with E-state index in [0.717, 1.165) is 17.0 Å². The second-order valence-corrected chi connectivity index (χ2v) is 4.63. The molecule has 0 saturated heterocycles. The first-order chi connectivity index (χ1) is 9.63. The molecule has 2 heterocycles. The minimum atomic E-state index is -0.191. The van der Waals surface area contributed by atoms with Crippen LogP contribution in [-0.2, 0) is 0 Å². The highest BCUT2D eigenvalue weighted by Crippen LogP contribution is 2.22. The lowest BCUT2D eigenvalue weighted by molar-refractivity contribution is 0.218. The molecule has 0 aliphatic rings. The van der Waals surface area contributed by atoms with E-state index in [9.17, 15) is 0 Å². The zero-order chi connectivity index (χ0) is 14.1. The Bertz CT molecular complexity index is 752. The third-order valence-electron chi connectivity index (χ3n) is 3.01. The van der Waals surface area contributed by atoms with Crippen molar-refractivity contribution in [1.29, 1.82) is 0 Å². The monoisotopic (exact) mass is 269 g/mol. The normalized spacial score (nSPS) is 12.5. The Morgan fingerprint density at radius 3 is 2.95 bits per heavy atom. The number of anilines is 1. The van der Waals surface area contributed by atoms with Crippen molar-refractivity contribution in [2.45, 2.75) is 20.0 Å². The van der Waals surface area contributed by atoms with Gasteiger partial charge in [0.25, 0.3) is 5.78 Å². The molecular weight excluding hydrogens is 254 g/mol. The third kappa shape index (κ3) is 2.27. The number of aromatic nitrogens is 4. The smallest absolute Gasteiger partial charge is 0.254 e.